The van der Waals surface area contributed by atoms with E-state index in [0.717, 1.165) is 5.56 Å². The maximum absolute atomic E-state index is 13.3. The normalized spacial score (nSPS) is 19.7. The second kappa shape index (κ2) is 11.4. The van der Waals surface area contributed by atoms with E-state index in [1.807, 2.05) is 50.2 Å². The minimum atomic E-state index is -0.889. The number of hydrogen-bond acceptors (Lipinski definition) is 6. The molecule has 2 amide bonds. The first kappa shape index (κ1) is 25.5. The Morgan fingerprint density at radius 2 is 1.65 bits per heavy atom. The van der Waals surface area contributed by atoms with Crippen LogP contribution in [0.25, 0.3) is 0 Å². The lowest BCUT2D eigenvalue weighted by atomic mass is 9.93. The standard InChI is InChI=1S/C26H34N4O4/c1-17(2)13-21(23(31)26(3)16-34-26)29-25(33)22(14-18-9-5-4-6-10-18)30-24(32)20(27)15-19-11-7-8-12-28-19/h4-12,17,20-22H,13-16,27H2,1-3H3,(H,29,33)(H,30,32)/t20?,21-,22-,26+/m0/s1. The minimum absolute atomic E-state index is 0.147. The maximum Gasteiger partial charge on any atom is 0.243 e. The van der Waals surface area contributed by atoms with E-state index < -0.39 is 35.5 Å². The van der Waals surface area contributed by atoms with E-state index >= 15 is 0 Å². The summed E-state index contributed by atoms with van der Waals surface area (Å²) in [5.41, 5.74) is 6.84. The first-order valence-electron chi connectivity index (χ1n) is 11.7. The van der Waals surface area contributed by atoms with Crippen molar-refractivity contribution in [3.05, 3.63) is 66.0 Å². The summed E-state index contributed by atoms with van der Waals surface area (Å²) >= 11 is 0. The second-order valence-corrected chi connectivity index (χ2v) is 9.46. The van der Waals surface area contributed by atoms with Gasteiger partial charge in [0.1, 0.15) is 11.6 Å². The number of carbonyl (C=O) groups is 3. The highest BCUT2D eigenvalue weighted by atomic mass is 16.6. The van der Waals surface area contributed by atoms with E-state index in [1.165, 1.54) is 0 Å². The van der Waals surface area contributed by atoms with Crippen LogP contribution in [-0.4, -0.2) is 52.9 Å². The predicted octanol–water partition coefficient (Wildman–Crippen LogP) is 1.57. The molecule has 34 heavy (non-hydrogen) atoms. The lowest BCUT2D eigenvalue weighted by molar-refractivity contribution is -0.133. The van der Waals surface area contributed by atoms with Gasteiger partial charge >= 0.3 is 0 Å². The van der Waals surface area contributed by atoms with Crippen molar-refractivity contribution in [2.75, 3.05) is 6.61 Å². The van der Waals surface area contributed by atoms with E-state index in [9.17, 15) is 14.4 Å². The Bertz CT molecular complexity index is 977. The molecule has 8 heteroatoms. The first-order chi connectivity index (χ1) is 16.2. The Labute approximate surface area is 200 Å². The highest BCUT2D eigenvalue weighted by molar-refractivity contribution is 5.98. The summed E-state index contributed by atoms with van der Waals surface area (Å²) in [7, 11) is 0. The molecule has 1 aromatic carbocycles. The molecule has 8 nitrogen and oxygen atoms in total. The number of ketones is 1. The smallest absolute Gasteiger partial charge is 0.243 e. The molecule has 1 aliphatic heterocycles. The van der Waals surface area contributed by atoms with Gasteiger partial charge in [-0.3, -0.25) is 19.4 Å². The molecule has 1 aliphatic rings. The van der Waals surface area contributed by atoms with E-state index in [0.29, 0.717) is 18.7 Å². The van der Waals surface area contributed by atoms with Crippen LogP contribution >= 0.6 is 0 Å². The van der Waals surface area contributed by atoms with Crippen molar-refractivity contribution in [1.29, 1.82) is 0 Å². The number of ether oxygens (including phenoxy) is 1. The average molecular weight is 467 g/mol. The molecule has 1 aromatic heterocycles. The first-order valence-corrected chi connectivity index (χ1v) is 11.7. The summed E-state index contributed by atoms with van der Waals surface area (Å²) in [6.45, 7) is 6.06. The number of Topliss-reactive ketones (excluding diaryl/α,β-unsaturated/α-hetero) is 1. The number of nitrogens with two attached hydrogens (primary N) is 1. The van der Waals surface area contributed by atoms with Crippen LogP contribution in [0.3, 0.4) is 0 Å². The molecule has 0 radical (unpaired) electrons. The Morgan fingerprint density at radius 1 is 1.00 bits per heavy atom. The van der Waals surface area contributed by atoms with Gasteiger partial charge in [0.05, 0.1) is 18.7 Å². The van der Waals surface area contributed by atoms with Crippen LogP contribution in [-0.2, 0) is 32.0 Å². The van der Waals surface area contributed by atoms with Gasteiger partial charge in [0.15, 0.2) is 5.78 Å². The second-order valence-electron chi connectivity index (χ2n) is 9.46. The Morgan fingerprint density at radius 3 is 2.24 bits per heavy atom. The highest BCUT2D eigenvalue weighted by Crippen LogP contribution is 2.29. The third kappa shape index (κ3) is 7.20. The van der Waals surface area contributed by atoms with Gasteiger partial charge in [-0.2, -0.15) is 0 Å². The van der Waals surface area contributed by atoms with Gasteiger partial charge in [-0.25, -0.2) is 0 Å². The number of carbonyl (C=O) groups excluding carboxylic acids is 3. The van der Waals surface area contributed by atoms with Gasteiger partial charge in [0.2, 0.25) is 11.8 Å². The van der Waals surface area contributed by atoms with Gasteiger partial charge in [-0.15, -0.1) is 0 Å². The molecule has 0 saturated carbocycles. The van der Waals surface area contributed by atoms with Crippen molar-refractivity contribution < 1.29 is 19.1 Å². The number of epoxide rings is 1. The zero-order chi connectivity index (χ0) is 24.7. The molecular weight excluding hydrogens is 432 g/mol. The largest absolute Gasteiger partial charge is 0.361 e. The summed E-state index contributed by atoms with van der Waals surface area (Å²) < 4.78 is 5.32. The Kier molecular flexibility index (Phi) is 8.52. The fourth-order valence-electron chi connectivity index (χ4n) is 3.77. The average Bonchev–Trinajstić information content (AvgIpc) is 3.57. The van der Waals surface area contributed by atoms with E-state index in [2.05, 4.69) is 15.6 Å². The molecule has 1 fully saturated rings. The molecule has 182 valence electrons. The third-order valence-electron chi connectivity index (χ3n) is 5.85. The third-order valence-corrected chi connectivity index (χ3v) is 5.85. The number of amides is 2. The van der Waals surface area contributed by atoms with Crippen molar-refractivity contribution in [2.45, 2.75) is 63.8 Å². The van der Waals surface area contributed by atoms with Crippen molar-refractivity contribution in [3.8, 4) is 0 Å². The van der Waals surface area contributed by atoms with Crippen molar-refractivity contribution >= 4 is 17.6 Å². The molecule has 1 unspecified atom stereocenters. The summed E-state index contributed by atoms with van der Waals surface area (Å²) in [6.07, 6.45) is 2.64. The molecule has 4 N–H and O–H groups in total. The SMILES string of the molecule is CC(C)C[C@H](NC(=O)[C@H](Cc1ccccc1)NC(=O)C(N)Cc1ccccn1)C(=O)[C@@]1(C)CO1. The molecule has 0 bridgehead atoms. The molecular formula is C26H34N4O4. The van der Waals surface area contributed by atoms with Crippen LogP contribution in [0.5, 0.6) is 0 Å². The van der Waals surface area contributed by atoms with Crippen LogP contribution in [0.2, 0.25) is 0 Å². The quantitative estimate of drug-likeness (QED) is 0.408. The molecule has 4 atom stereocenters. The van der Waals surface area contributed by atoms with Crippen LogP contribution in [0.4, 0.5) is 0 Å². The minimum Gasteiger partial charge on any atom is -0.361 e. The topological polar surface area (TPSA) is 127 Å². The number of nitrogens with zero attached hydrogens (tertiary/aromatic N) is 1. The summed E-state index contributed by atoms with van der Waals surface area (Å²) in [6, 6.07) is 12.4. The summed E-state index contributed by atoms with van der Waals surface area (Å²) in [5, 5.41) is 5.66. The Balaban J connectivity index is 1.73. The van der Waals surface area contributed by atoms with E-state index in [4.69, 9.17) is 10.5 Å². The van der Waals surface area contributed by atoms with Crippen LogP contribution in [0.1, 0.15) is 38.4 Å². The number of aromatic nitrogens is 1. The number of pyridine rings is 1. The lowest BCUT2D eigenvalue weighted by Crippen LogP contribution is -2.56. The van der Waals surface area contributed by atoms with Crippen LogP contribution < -0.4 is 16.4 Å². The molecule has 2 heterocycles. The van der Waals surface area contributed by atoms with Crippen molar-refractivity contribution in [1.82, 2.24) is 15.6 Å². The van der Waals surface area contributed by atoms with Crippen molar-refractivity contribution in [3.63, 3.8) is 0 Å². The summed E-state index contributed by atoms with van der Waals surface area (Å²) in [4.78, 5) is 43.4. The van der Waals surface area contributed by atoms with Gasteiger partial charge in [0.25, 0.3) is 0 Å². The van der Waals surface area contributed by atoms with Gasteiger partial charge in [-0.05, 0) is 37.0 Å². The van der Waals surface area contributed by atoms with Crippen LogP contribution in [0.15, 0.2) is 54.7 Å². The summed E-state index contributed by atoms with van der Waals surface area (Å²) in [5.74, 6) is -0.840. The molecule has 2 aromatic rings. The zero-order valence-corrected chi connectivity index (χ0v) is 20.0. The van der Waals surface area contributed by atoms with Gasteiger partial charge in [-0.1, -0.05) is 50.2 Å². The number of benzene rings is 1. The predicted molar refractivity (Wildman–Crippen MR) is 129 cm³/mol. The number of nitrogens with one attached hydrogen (secondary N) is 2. The number of rotatable bonds is 12. The highest BCUT2D eigenvalue weighted by Gasteiger charge is 2.50. The number of hydrogen-bond donors (Lipinski definition) is 3. The monoisotopic (exact) mass is 466 g/mol. The molecule has 3 rings (SSSR count). The molecule has 0 spiro atoms. The van der Waals surface area contributed by atoms with Crippen LogP contribution in [0, 0.1) is 5.92 Å². The molecule has 0 aliphatic carbocycles. The Hall–Kier alpha value is -3.10. The van der Waals surface area contributed by atoms with E-state index in [-0.39, 0.29) is 24.5 Å². The zero-order valence-electron chi connectivity index (χ0n) is 20.0. The fourth-order valence-corrected chi connectivity index (χ4v) is 3.77. The lowest BCUT2D eigenvalue weighted by Gasteiger charge is -2.26. The maximum atomic E-state index is 13.3. The van der Waals surface area contributed by atoms with E-state index in [1.54, 1.807) is 25.3 Å². The fraction of sp³-hybridized carbons (Fsp3) is 0.462. The van der Waals surface area contributed by atoms with Crippen molar-refractivity contribution in [2.24, 2.45) is 11.7 Å². The van der Waals surface area contributed by atoms with Gasteiger partial charge < -0.3 is 21.1 Å². The van der Waals surface area contributed by atoms with Gasteiger partial charge in [0, 0.05) is 24.7 Å². The molecule has 1 saturated heterocycles.